The lowest BCUT2D eigenvalue weighted by molar-refractivity contribution is -0.135. The summed E-state index contributed by atoms with van der Waals surface area (Å²) in [5.41, 5.74) is 1.68. The number of nitrogens with zero attached hydrogens (tertiary/aromatic N) is 3. The molecule has 6 nitrogen and oxygen atoms in total. The van der Waals surface area contributed by atoms with Gasteiger partial charge in [0.25, 0.3) is 6.01 Å². The van der Waals surface area contributed by atoms with Crippen LogP contribution < -0.4 is 4.90 Å². The predicted molar refractivity (Wildman–Crippen MR) is 81.7 cm³/mol. The van der Waals surface area contributed by atoms with Gasteiger partial charge in [0.05, 0.1) is 12.5 Å². The molecule has 0 N–H and O–H groups in total. The molecule has 1 unspecified atom stereocenters. The smallest absolute Gasteiger partial charge is 0.298 e. The van der Waals surface area contributed by atoms with E-state index < -0.39 is 0 Å². The average Bonchev–Trinajstić information content (AvgIpc) is 3.23. The maximum atomic E-state index is 12.4. The zero-order chi connectivity index (χ0) is 14.9. The van der Waals surface area contributed by atoms with Gasteiger partial charge in [-0.25, -0.2) is 0 Å². The molecule has 2 aromatic rings. The Labute approximate surface area is 128 Å². The SMILES string of the molecule is O=C(C1CCOC1)N1CCN(c2nc3ccccc3o2)CC1. The number of ether oxygens (including phenoxy) is 1. The first-order chi connectivity index (χ1) is 10.8. The van der Waals surface area contributed by atoms with Gasteiger partial charge in [0, 0.05) is 32.8 Å². The van der Waals surface area contributed by atoms with E-state index in [-0.39, 0.29) is 11.8 Å². The molecule has 0 bridgehead atoms. The highest BCUT2D eigenvalue weighted by molar-refractivity contribution is 5.79. The lowest BCUT2D eigenvalue weighted by atomic mass is 10.1. The lowest BCUT2D eigenvalue weighted by Gasteiger charge is -2.34. The second-order valence-corrected chi connectivity index (χ2v) is 5.84. The van der Waals surface area contributed by atoms with Crippen LogP contribution in [0.5, 0.6) is 0 Å². The highest BCUT2D eigenvalue weighted by atomic mass is 16.5. The number of hydrogen-bond acceptors (Lipinski definition) is 5. The Morgan fingerprint density at radius 2 is 2.00 bits per heavy atom. The molecule has 1 amide bonds. The number of carbonyl (C=O) groups is 1. The van der Waals surface area contributed by atoms with Crippen molar-refractivity contribution in [3.05, 3.63) is 24.3 Å². The number of amides is 1. The summed E-state index contributed by atoms with van der Waals surface area (Å²) in [7, 11) is 0. The Balaban J connectivity index is 1.41. The average molecular weight is 301 g/mol. The number of oxazole rings is 1. The number of benzene rings is 1. The Kier molecular flexibility index (Phi) is 3.46. The van der Waals surface area contributed by atoms with Crippen molar-refractivity contribution in [1.29, 1.82) is 0 Å². The van der Waals surface area contributed by atoms with Crippen LogP contribution in [0.25, 0.3) is 11.1 Å². The normalized spacial score (nSPS) is 22.5. The molecule has 0 spiro atoms. The number of hydrogen-bond donors (Lipinski definition) is 0. The first kappa shape index (κ1) is 13.6. The minimum Gasteiger partial charge on any atom is -0.423 e. The Hall–Kier alpha value is -2.08. The summed E-state index contributed by atoms with van der Waals surface area (Å²) in [6, 6.07) is 8.41. The molecule has 2 aliphatic rings. The number of para-hydroxylation sites is 2. The van der Waals surface area contributed by atoms with Gasteiger partial charge in [0.15, 0.2) is 5.58 Å². The van der Waals surface area contributed by atoms with E-state index in [9.17, 15) is 4.79 Å². The molecular weight excluding hydrogens is 282 g/mol. The molecule has 6 heteroatoms. The van der Waals surface area contributed by atoms with E-state index in [2.05, 4.69) is 9.88 Å². The Bertz CT molecular complexity index is 637. The molecule has 2 fully saturated rings. The predicted octanol–water partition coefficient (Wildman–Crippen LogP) is 1.51. The molecule has 22 heavy (non-hydrogen) atoms. The minimum absolute atomic E-state index is 0.0517. The summed E-state index contributed by atoms with van der Waals surface area (Å²) in [5.74, 6) is 0.283. The van der Waals surface area contributed by atoms with E-state index in [1.807, 2.05) is 29.2 Å². The van der Waals surface area contributed by atoms with Crippen molar-refractivity contribution in [1.82, 2.24) is 9.88 Å². The topological polar surface area (TPSA) is 58.8 Å². The van der Waals surface area contributed by atoms with Gasteiger partial charge in [0.2, 0.25) is 5.91 Å². The second-order valence-electron chi connectivity index (χ2n) is 5.84. The van der Waals surface area contributed by atoms with Crippen molar-refractivity contribution < 1.29 is 13.9 Å². The second kappa shape index (κ2) is 5.61. The maximum Gasteiger partial charge on any atom is 0.298 e. The fourth-order valence-corrected chi connectivity index (χ4v) is 3.10. The Morgan fingerprint density at radius 3 is 2.73 bits per heavy atom. The van der Waals surface area contributed by atoms with Crippen LogP contribution in [0.2, 0.25) is 0 Å². The van der Waals surface area contributed by atoms with Gasteiger partial charge >= 0.3 is 0 Å². The Morgan fingerprint density at radius 1 is 1.18 bits per heavy atom. The van der Waals surface area contributed by atoms with Gasteiger partial charge in [-0.1, -0.05) is 12.1 Å². The van der Waals surface area contributed by atoms with Gasteiger partial charge in [-0.3, -0.25) is 4.79 Å². The molecule has 0 saturated carbocycles. The number of rotatable bonds is 2. The number of anilines is 1. The van der Waals surface area contributed by atoms with E-state index in [0.717, 1.165) is 30.6 Å². The molecule has 1 atom stereocenters. The molecular formula is C16H19N3O3. The van der Waals surface area contributed by atoms with Crippen molar-refractivity contribution in [3.8, 4) is 0 Å². The summed E-state index contributed by atoms with van der Waals surface area (Å²) in [6.07, 6.45) is 0.851. The molecule has 0 radical (unpaired) electrons. The molecule has 2 saturated heterocycles. The molecule has 3 heterocycles. The summed E-state index contributed by atoms with van der Waals surface area (Å²) >= 11 is 0. The molecule has 1 aromatic carbocycles. The van der Waals surface area contributed by atoms with Crippen molar-refractivity contribution in [3.63, 3.8) is 0 Å². The summed E-state index contributed by atoms with van der Waals surface area (Å²) in [6.45, 7) is 4.23. The van der Waals surface area contributed by atoms with Gasteiger partial charge < -0.3 is 19.0 Å². The zero-order valence-corrected chi connectivity index (χ0v) is 12.4. The van der Waals surface area contributed by atoms with E-state index in [1.165, 1.54) is 0 Å². The van der Waals surface area contributed by atoms with Crippen LogP contribution in [0.3, 0.4) is 0 Å². The maximum absolute atomic E-state index is 12.4. The molecule has 1 aromatic heterocycles. The number of fused-ring (bicyclic) bond motifs is 1. The van der Waals surface area contributed by atoms with Crippen molar-refractivity contribution in [2.24, 2.45) is 5.92 Å². The number of carbonyl (C=O) groups excluding carboxylic acids is 1. The fraction of sp³-hybridized carbons (Fsp3) is 0.500. The summed E-state index contributed by atoms with van der Waals surface area (Å²) < 4.78 is 11.1. The number of aromatic nitrogens is 1. The van der Waals surface area contributed by atoms with Gasteiger partial charge in [-0.2, -0.15) is 4.98 Å². The monoisotopic (exact) mass is 301 g/mol. The highest BCUT2D eigenvalue weighted by Gasteiger charge is 2.30. The van der Waals surface area contributed by atoms with Crippen molar-refractivity contribution >= 4 is 23.0 Å². The van der Waals surface area contributed by atoms with E-state index >= 15 is 0 Å². The van der Waals surface area contributed by atoms with Crippen LogP contribution in [-0.4, -0.2) is 55.2 Å². The van der Waals surface area contributed by atoms with Crippen molar-refractivity contribution in [2.75, 3.05) is 44.3 Å². The lowest BCUT2D eigenvalue weighted by Crippen LogP contribution is -2.50. The molecule has 4 rings (SSSR count). The third-order valence-corrected chi connectivity index (χ3v) is 4.42. The van der Waals surface area contributed by atoms with Crippen molar-refractivity contribution in [2.45, 2.75) is 6.42 Å². The van der Waals surface area contributed by atoms with Crippen LogP contribution in [0.1, 0.15) is 6.42 Å². The third-order valence-electron chi connectivity index (χ3n) is 4.42. The zero-order valence-electron chi connectivity index (χ0n) is 12.4. The summed E-state index contributed by atoms with van der Waals surface area (Å²) in [5, 5.41) is 0. The molecule has 2 aliphatic heterocycles. The van der Waals surface area contributed by atoms with Crippen LogP contribution in [-0.2, 0) is 9.53 Å². The van der Waals surface area contributed by atoms with E-state index in [4.69, 9.17) is 9.15 Å². The highest BCUT2D eigenvalue weighted by Crippen LogP contribution is 2.23. The molecule has 0 aliphatic carbocycles. The van der Waals surface area contributed by atoms with Crippen LogP contribution in [0, 0.1) is 5.92 Å². The first-order valence-electron chi connectivity index (χ1n) is 7.78. The van der Waals surface area contributed by atoms with Crippen LogP contribution in [0.15, 0.2) is 28.7 Å². The summed E-state index contributed by atoms with van der Waals surface area (Å²) in [4.78, 5) is 20.9. The fourth-order valence-electron chi connectivity index (χ4n) is 3.10. The van der Waals surface area contributed by atoms with E-state index in [1.54, 1.807) is 0 Å². The van der Waals surface area contributed by atoms with Gasteiger partial charge in [-0.05, 0) is 18.6 Å². The quantitative estimate of drug-likeness (QED) is 0.841. The van der Waals surface area contributed by atoms with Gasteiger partial charge in [0.1, 0.15) is 5.52 Å². The van der Waals surface area contributed by atoms with Crippen LogP contribution >= 0.6 is 0 Å². The third kappa shape index (κ3) is 2.43. The van der Waals surface area contributed by atoms with Crippen LogP contribution in [0.4, 0.5) is 6.01 Å². The molecule has 116 valence electrons. The number of piperazine rings is 1. The standard InChI is InChI=1S/C16H19N3O3/c20-15(12-5-10-21-11-12)18-6-8-19(9-7-18)16-17-13-3-1-2-4-14(13)22-16/h1-4,12H,5-11H2. The largest absolute Gasteiger partial charge is 0.423 e. The van der Waals surface area contributed by atoms with E-state index in [0.29, 0.717) is 32.3 Å². The minimum atomic E-state index is 0.0517. The van der Waals surface area contributed by atoms with Gasteiger partial charge in [-0.15, -0.1) is 0 Å². The first-order valence-corrected chi connectivity index (χ1v) is 7.78.